The summed E-state index contributed by atoms with van der Waals surface area (Å²) in [4.78, 5) is 17.1. The van der Waals surface area contributed by atoms with E-state index in [0.29, 0.717) is 23.7 Å². The van der Waals surface area contributed by atoms with Crippen molar-refractivity contribution in [2.75, 3.05) is 0 Å². The van der Waals surface area contributed by atoms with E-state index in [9.17, 15) is 4.79 Å². The highest BCUT2D eigenvalue weighted by molar-refractivity contribution is 5.95. The third-order valence-electron chi connectivity index (χ3n) is 5.49. The molecule has 1 N–H and O–H groups in total. The van der Waals surface area contributed by atoms with Crippen molar-refractivity contribution in [1.82, 2.24) is 25.2 Å². The van der Waals surface area contributed by atoms with E-state index < -0.39 is 0 Å². The van der Waals surface area contributed by atoms with Crippen LogP contribution < -0.4 is 5.32 Å². The summed E-state index contributed by atoms with van der Waals surface area (Å²) < 4.78 is 6.92. The van der Waals surface area contributed by atoms with Gasteiger partial charge in [-0.15, -0.1) is 0 Å². The number of carbonyl (C=O) groups excluding carboxylic acids is 1. The third kappa shape index (κ3) is 4.39. The van der Waals surface area contributed by atoms with E-state index in [1.54, 1.807) is 10.9 Å². The van der Waals surface area contributed by atoms with Crippen LogP contribution in [0.5, 0.6) is 0 Å². The summed E-state index contributed by atoms with van der Waals surface area (Å²) in [6, 6.07) is 8.02. The number of nitrogens with zero attached hydrogens (tertiary/aromatic N) is 4. The van der Waals surface area contributed by atoms with E-state index in [4.69, 9.17) is 4.52 Å². The van der Waals surface area contributed by atoms with Gasteiger partial charge in [0.1, 0.15) is 0 Å². The van der Waals surface area contributed by atoms with Crippen LogP contribution in [0.15, 0.2) is 35.0 Å². The Bertz CT molecular complexity index is 966. The van der Waals surface area contributed by atoms with E-state index in [-0.39, 0.29) is 11.9 Å². The number of hydrogen-bond donors (Lipinski definition) is 1. The summed E-state index contributed by atoms with van der Waals surface area (Å²) in [6.07, 6.45) is 9.56. The largest absolute Gasteiger partial charge is 0.349 e. The summed E-state index contributed by atoms with van der Waals surface area (Å²) in [5, 5.41) is 11.7. The van der Waals surface area contributed by atoms with Crippen LogP contribution in [0.3, 0.4) is 0 Å². The fourth-order valence-electron chi connectivity index (χ4n) is 3.78. The van der Waals surface area contributed by atoms with Gasteiger partial charge >= 0.3 is 0 Å². The zero-order valence-corrected chi connectivity index (χ0v) is 17.0. The molecule has 1 amide bonds. The minimum absolute atomic E-state index is 0.0313. The van der Waals surface area contributed by atoms with Gasteiger partial charge in [0.15, 0.2) is 0 Å². The van der Waals surface area contributed by atoms with Crippen LogP contribution in [-0.4, -0.2) is 31.9 Å². The predicted octanol–water partition coefficient (Wildman–Crippen LogP) is 4.25. The van der Waals surface area contributed by atoms with E-state index >= 15 is 0 Å². The number of aromatic nitrogens is 4. The second kappa shape index (κ2) is 8.59. The minimum Gasteiger partial charge on any atom is -0.349 e. The van der Waals surface area contributed by atoms with Crippen LogP contribution in [0.2, 0.25) is 0 Å². The number of amides is 1. The predicted molar refractivity (Wildman–Crippen MR) is 110 cm³/mol. The van der Waals surface area contributed by atoms with Gasteiger partial charge in [0.2, 0.25) is 11.7 Å². The molecule has 3 aromatic rings. The second-order valence-corrected chi connectivity index (χ2v) is 7.65. The van der Waals surface area contributed by atoms with Gasteiger partial charge in [-0.05, 0) is 44.0 Å². The molecule has 1 aliphatic carbocycles. The van der Waals surface area contributed by atoms with Gasteiger partial charge in [-0.25, -0.2) is 4.68 Å². The van der Waals surface area contributed by atoms with Crippen molar-refractivity contribution in [2.45, 2.75) is 64.8 Å². The molecule has 1 saturated carbocycles. The quantitative estimate of drug-likeness (QED) is 0.655. The molecule has 152 valence electrons. The first-order chi connectivity index (χ1) is 14.1. The van der Waals surface area contributed by atoms with E-state index in [1.807, 2.05) is 38.1 Å². The number of rotatable bonds is 5. The van der Waals surface area contributed by atoms with Crippen LogP contribution in [0, 0.1) is 6.92 Å². The van der Waals surface area contributed by atoms with Crippen molar-refractivity contribution in [3.8, 4) is 17.1 Å². The summed E-state index contributed by atoms with van der Waals surface area (Å²) in [7, 11) is 0. The van der Waals surface area contributed by atoms with Crippen molar-refractivity contribution in [2.24, 2.45) is 0 Å². The Labute approximate surface area is 170 Å². The Morgan fingerprint density at radius 3 is 2.55 bits per heavy atom. The van der Waals surface area contributed by atoms with Crippen LogP contribution >= 0.6 is 0 Å². The molecule has 0 saturated heterocycles. The lowest BCUT2D eigenvalue weighted by atomic mass is 10.1. The molecule has 2 aromatic heterocycles. The maximum Gasteiger partial charge on any atom is 0.254 e. The number of carbonyl (C=O) groups is 1. The number of nitrogens with one attached hydrogen (secondary N) is 1. The van der Waals surface area contributed by atoms with Gasteiger partial charge in [-0.3, -0.25) is 4.79 Å². The molecule has 7 heteroatoms. The van der Waals surface area contributed by atoms with Gasteiger partial charge in [0, 0.05) is 24.2 Å². The molecule has 2 heterocycles. The summed E-state index contributed by atoms with van der Waals surface area (Å²) in [5.74, 6) is 1.17. The van der Waals surface area contributed by atoms with Crippen LogP contribution in [-0.2, 0) is 6.42 Å². The molecule has 0 radical (unpaired) electrons. The van der Waals surface area contributed by atoms with Crippen LogP contribution in [0.1, 0.15) is 67.4 Å². The lowest BCUT2D eigenvalue weighted by molar-refractivity contribution is 0.0932. The smallest absolute Gasteiger partial charge is 0.254 e. The fourth-order valence-corrected chi connectivity index (χ4v) is 3.78. The maximum atomic E-state index is 12.8. The number of hydrogen-bond acceptors (Lipinski definition) is 5. The number of benzene rings is 1. The zero-order valence-electron chi connectivity index (χ0n) is 17.0. The van der Waals surface area contributed by atoms with Gasteiger partial charge < -0.3 is 9.84 Å². The highest BCUT2D eigenvalue weighted by atomic mass is 16.5. The molecule has 1 aromatic carbocycles. The average molecular weight is 393 g/mol. The minimum atomic E-state index is -0.0313. The Morgan fingerprint density at radius 2 is 1.90 bits per heavy atom. The molecule has 1 aliphatic rings. The summed E-state index contributed by atoms with van der Waals surface area (Å²) in [6.45, 7) is 3.85. The lowest BCUT2D eigenvalue weighted by Crippen LogP contribution is -2.34. The normalized spacial score (nSPS) is 15.2. The molecule has 7 nitrogen and oxygen atoms in total. The summed E-state index contributed by atoms with van der Waals surface area (Å²) >= 11 is 0. The standard InChI is InChI=1S/C22H27N5O2/c1-3-20-24-21(26-29-20)16-10-12-18(13-11-16)27-14-19(15(2)25-27)22(28)23-17-8-6-4-5-7-9-17/h10-14,17H,3-9H2,1-2H3,(H,23,28). The molecule has 29 heavy (non-hydrogen) atoms. The monoisotopic (exact) mass is 393 g/mol. The van der Waals surface area contributed by atoms with Crippen LogP contribution in [0.4, 0.5) is 0 Å². The zero-order chi connectivity index (χ0) is 20.2. The third-order valence-corrected chi connectivity index (χ3v) is 5.49. The lowest BCUT2D eigenvalue weighted by Gasteiger charge is -2.15. The molecule has 0 atom stereocenters. The molecule has 4 rings (SSSR count). The Balaban J connectivity index is 1.48. The highest BCUT2D eigenvalue weighted by Crippen LogP contribution is 2.21. The Morgan fingerprint density at radius 1 is 1.17 bits per heavy atom. The van der Waals surface area contributed by atoms with E-state index in [2.05, 4.69) is 20.6 Å². The topological polar surface area (TPSA) is 85.8 Å². The van der Waals surface area contributed by atoms with E-state index in [0.717, 1.165) is 29.8 Å². The first-order valence-electron chi connectivity index (χ1n) is 10.4. The molecule has 0 bridgehead atoms. The van der Waals surface area contributed by atoms with Gasteiger partial charge in [-0.1, -0.05) is 37.8 Å². The average Bonchev–Trinajstić information content (AvgIpc) is 3.29. The van der Waals surface area contributed by atoms with Gasteiger partial charge in [0.25, 0.3) is 5.91 Å². The van der Waals surface area contributed by atoms with Gasteiger partial charge in [-0.2, -0.15) is 10.1 Å². The molecule has 0 spiro atoms. The Kier molecular flexibility index (Phi) is 5.74. The van der Waals surface area contributed by atoms with Crippen LogP contribution in [0.25, 0.3) is 17.1 Å². The fraction of sp³-hybridized carbons (Fsp3) is 0.455. The Hall–Kier alpha value is -2.96. The van der Waals surface area contributed by atoms with Crippen molar-refractivity contribution in [3.63, 3.8) is 0 Å². The highest BCUT2D eigenvalue weighted by Gasteiger charge is 2.19. The molecular formula is C22H27N5O2. The van der Waals surface area contributed by atoms with Crippen molar-refractivity contribution in [1.29, 1.82) is 0 Å². The van der Waals surface area contributed by atoms with Crippen molar-refractivity contribution in [3.05, 3.63) is 47.6 Å². The van der Waals surface area contributed by atoms with E-state index in [1.165, 1.54) is 25.7 Å². The van der Waals surface area contributed by atoms with Crippen molar-refractivity contribution < 1.29 is 9.32 Å². The molecule has 1 fully saturated rings. The van der Waals surface area contributed by atoms with Gasteiger partial charge in [0.05, 0.1) is 16.9 Å². The first kappa shape index (κ1) is 19.4. The van der Waals surface area contributed by atoms with Crippen molar-refractivity contribution >= 4 is 5.91 Å². The molecular weight excluding hydrogens is 366 g/mol. The SMILES string of the molecule is CCc1nc(-c2ccc(-n3cc(C(=O)NC4CCCCCC4)c(C)n3)cc2)no1. The maximum absolute atomic E-state index is 12.8. The summed E-state index contributed by atoms with van der Waals surface area (Å²) in [5.41, 5.74) is 3.12. The number of aryl methyl sites for hydroxylation is 2. The molecule has 0 aliphatic heterocycles. The first-order valence-corrected chi connectivity index (χ1v) is 10.4. The molecule has 0 unspecified atom stereocenters. The second-order valence-electron chi connectivity index (χ2n) is 7.65.